The number of nitrogens with one attached hydrogen (secondary N) is 2. The molecule has 0 unspecified atom stereocenters. The third kappa shape index (κ3) is 4.85. The van der Waals surface area contributed by atoms with Gasteiger partial charge in [0.05, 0.1) is 29.5 Å². The summed E-state index contributed by atoms with van der Waals surface area (Å²) in [6, 6.07) is 8.44. The first kappa shape index (κ1) is 22.1. The number of aromatic nitrogens is 4. The maximum Gasteiger partial charge on any atom is 0.223 e. The lowest BCUT2D eigenvalue weighted by Gasteiger charge is -2.22. The zero-order valence-electron chi connectivity index (χ0n) is 19.1. The van der Waals surface area contributed by atoms with Crippen molar-refractivity contribution in [2.75, 3.05) is 18.9 Å². The quantitative estimate of drug-likeness (QED) is 0.364. The zero-order chi connectivity index (χ0) is 22.7. The third-order valence-electron chi connectivity index (χ3n) is 5.29. The second-order valence-corrected chi connectivity index (χ2v) is 9.40. The molecule has 0 fully saturated rings. The van der Waals surface area contributed by atoms with E-state index >= 15 is 0 Å². The molecular weight excluding hydrogens is 420 g/mol. The molecule has 32 heavy (non-hydrogen) atoms. The molecule has 0 aliphatic heterocycles. The molecule has 0 spiro atoms. The van der Waals surface area contributed by atoms with E-state index in [-0.39, 0.29) is 5.91 Å². The van der Waals surface area contributed by atoms with Crippen LogP contribution in [0.4, 0.5) is 5.82 Å². The van der Waals surface area contributed by atoms with Crippen molar-refractivity contribution >= 4 is 28.0 Å². The molecule has 0 aliphatic carbocycles. The number of nitrogens with zero attached hydrogens (tertiary/aromatic N) is 4. The van der Waals surface area contributed by atoms with Crippen molar-refractivity contribution in [2.24, 2.45) is 5.92 Å². The van der Waals surface area contributed by atoms with Gasteiger partial charge in [-0.1, -0.05) is 56.4 Å². The van der Waals surface area contributed by atoms with E-state index in [4.69, 9.17) is 0 Å². The van der Waals surface area contributed by atoms with Crippen molar-refractivity contribution < 1.29 is 4.79 Å². The number of rotatable bonds is 9. The highest BCUT2D eigenvalue weighted by atomic mass is 32.1. The van der Waals surface area contributed by atoms with E-state index in [1.807, 2.05) is 28.7 Å². The molecule has 0 atom stereocenters. The molecule has 8 heteroatoms. The van der Waals surface area contributed by atoms with Gasteiger partial charge in [0, 0.05) is 26.2 Å². The molecule has 0 bridgehead atoms. The zero-order valence-corrected chi connectivity index (χ0v) is 19.9. The van der Waals surface area contributed by atoms with Crippen LogP contribution >= 0.6 is 11.3 Å². The van der Waals surface area contributed by atoms with Gasteiger partial charge in [0.15, 0.2) is 4.96 Å². The Labute approximate surface area is 192 Å². The van der Waals surface area contributed by atoms with Gasteiger partial charge in [-0.25, -0.2) is 9.97 Å². The molecule has 3 aromatic heterocycles. The first-order valence-electron chi connectivity index (χ1n) is 11.1. The lowest BCUT2D eigenvalue weighted by Crippen LogP contribution is -2.32. The topological polar surface area (TPSA) is 78.3 Å². The minimum absolute atomic E-state index is 0.188. The highest BCUT2D eigenvalue weighted by Crippen LogP contribution is 2.30. The van der Waals surface area contributed by atoms with Crippen molar-refractivity contribution in [3.63, 3.8) is 0 Å². The van der Waals surface area contributed by atoms with Crippen LogP contribution in [0, 0.1) is 5.92 Å². The van der Waals surface area contributed by atoms with E-state index in [0.29, 0.717) is 18.9 Å². The number of anilines is 1. The number of thiazole rings is 1. The Morgan fingerprint density at radius 2 is 1.97 bits per heavy atom. The molecule has 0 saturated carbocycles. The van der Waals surface area contributed by atoms with Gasteiger partial charge in [-0.15, -0.1) is 0 Å². The number of aromatic amines is 1. The summed E-state index contributed by atoms with van der Waals surface area (Å²) in [5.41, 5.74) is 3.18. The number of imidazole rings is 2. The Kier molecular flexibility index (Phi) is 6.60. The summed E-state index contributed by atoms with van der Waals surface area (Å²) >= 11 is 1.66. The predicted octanol–water partition coefficient (Wildman–Crippen LogP) is 5.28. The standard InChI is InChI=1S/C24H30N6OS/c1-5-10-29(23(31)11-16(2)3)15-22-26-12-19(27-22)17-6-8-18(9-7-17)20-13-30-14-21(25-4)28-24(30)32-20/h6-9,12-14,16,25H,5,10-11,15H2,1-4H3,(H,26,27). The van der Waals surface area contributed by atoms with Crippen molar-refractivity contribution in [3.8, 4) is 21.7 Å². The van der Waals surface area contributed by atoms with Gasteiger partial charge in [-0.05, 0) is 23.5 Å². The first-order valence-corrected chi connectivity index (χ1v) is 11.9. The molecule has 0 aliphatic rings. The second kappa shape index (κ2) is 9.56. The van der Waals surface area contributed by atoms with Crippen molar-refractivity contribution in [2.45, 2.75) is 40.2 Å². The summed E-state index contributed by atoms with van der Waals surface area (Å²) in [4.78, 5) is 29.1. The fraction of sp³-hybridized carbons (Fsp3) is 0.375. The van der Waals surface area contributed by atoms with Crippen LogP contribution in [-0.2, 0) is 11.3 Å². The van der Waals surface area contributed by atoms with E-state index in [1.165, 1.54) is 4.88 Å². The average molecular weight is 451 g/mol. The van der Waals surface area contributed by atoms with Crippen LogP contribution < -0.4 is 5.32 Å². The van der Waals surface area contributed by atoms with Crippen molar-refractivity contribution in [1.82, 2.24) is 24.3 Å². The van der Waals surface area contributed by atoms with Gasteiger partial charge in [-0.2, -0.15) is 0 Å². The van der Waals surface area contributed by atoms with Gasteiger partial charge in [0.1, 0.15) is 11.6 Å². The maximum absolute atomic E-state index is 12.6. The van der Waals surface area contributed by atoms with Crippen LogP contribution in [0.2, 0.25) is 0 Å². The van der Waals surface area contributed by atoms with Crippen LogP contribution in [0.1, 0.15) is 39.4 Å². The number of carbonyl (C=O) groups excluding carboxylic acids is 1. The van der Waals surface area contributed by atoms with E-state index < -0.39 is 0 Å². The van der Waals surface area contributed by atoms with Crippen molar-refractivity contribution in [3.05, 3.63) is 48.7 Å². The number of amides is 1. The average Bonchev–Trinajstić information content (AvgIpc) is 3.48. The largest absolute Gasteiger partial charge is 0.372 e. The molecule has 1 amide bonds. The van der Waals surface area contributed by atoms with Gasteiger partial charge in [-0.3, -0.25) is 9.20 Å². The van der Waals surface area contributed by atoms with Crippen molar-refractivity contribution in [1.29, 1.82) is 0 Å². The smallest absolute Gasteiger partial charge is 0.223 e. The lowest BCUT2D eigenvalue weighted by atomic mass is 10.1. The van der Waals surface area contributed by atoms with E-state index in [1.54, 1.807) is 11.3 Å². The van der Waals surface area contributed by atoms with Gasteiger partial charge in [0.25, 0.3) is 0 Å². The SMILES string of the molecule is CCCN(Cc1ncc(-c2ccc(-c3cn4cc(NC)nc4s3)cc2)[nH]1)C(=O)CC(C)C. The van der Waals surface area contributed by atoms with Crippen LogP contribution in [0.25, 0.3) is 26.7 Å². The molecule has 1 aromatic carbocycles. The summed E-state index contributed by atoms with van der Waals surface area (Å²) in [6.45, 7) is 7.50. The van der Waals surface area contributed by atoms with Gasteiger partial charge < -0.3 is 15.2 Å². The number of hydrogen-bond acceptors (Lipinski definition) is 5. The summed E-state index contributed by atoms with van der Waals surface area (Å²) in [5.74, 6) is 2.23. The summed E-state index contributed by atoms with van der Waals surface area (Å²) in [6.07, 6.45) is 7.44. The number of hydrogen-bond donors (Lipinski definition) is 2. The highest BCUT2D eigenvalue weighted by Gasteiger charge is 2.16. The van der Waals surface area contributed by atoms with Gasteiger partial charge >= 0.3 is 0 Å². The summed E-state index contributed by atoms with van der Waals surface area (Å²) in [5, 5.41) is 3.07. The van der Waals surface area contributed by atoms with Crippen LogP contribution in [0.15, 0.2) is 42.9 Å². The minimum atomic E-state index is 0.188. The van der Waals surface area contributed by atoms with Crippen LogP contribution in [0.5, 0.6) is 0 Å². The fourth-order valence-electron chi connectivity index (χ4n) is 3.67. The third-order valence-corrected chi connectivity index (χ3v) is 6.34. The molecule has 168 valence electrons. The number of fused-ring (bicyclic) bond motifs is 1. The summed E-state index contributed by atoms with van der Waals surface area (Å²) in [7, 11) is 1.87. The molecule has 4 rings (SSSR count). The molecular formula is C24H30N6OS. The van der Waals surface area contributed by atoms with E-state index in [2.05, 4.69) is 71.5 Å². The maximum atomic E-state index is 12.6. The first-order chi connectivity index (χ1) is 15.5. The highest BCUT2D eigenvalue weighted by molar-refractivity contribution is 7.20. The second-order valence-electron chi connectivity index (χ2n) is 8.40. The minimum Gasteiger partial charge on any atom is -0.372 e. The van der Waals surface area contributed by atoms with Crippen LogP contribution in [0.3, 0.4) is 0 Å². The Bertz CT molecular complexity index is 1160. The monoisotopic (exact) mass is 450 g/mol. The van der Waals surface area contributed by atoms with E-state index in [0.717, 1.165) is 46.4 Å². The lowest BCUT2D eigenvalue weighted by molar-refractivity contribution is -0.132. The number of H-pyrrole nitrogens is 1. The summed E-state index contributed by atoms with van der Waals surface area (Å²) < 4.78 is 2.05. The predicted molar refractivity (Wildman–Crippen MR) is 131 cm³/mol. The molecule has 0 saturated heterocycles. The van der Waals surface area contributed by atoms with Crippen LogP contribution in [-0.4, -0.2) is 43.8 Å². The normalized spacial score (nSPS) is 11.4. The fourth-order valence-corrected chi connectivity index (χ4v) is 4.65. The molecule has 7 nitrogen and oxygen atoms in total. The molecule has 2 N–H and O–H groups in total. The molecule has 4 aromatic rings. The Balaban J connectivity index is 1.47. The molecule has 3 heterocycles. The Hall–Kier alpha value is -3.13. The van der Waals surface area contributed by atoms with Gasteiger partial charge in [0.2, 0.25) is 5.91 Å². The molecule has 0 radical (unpaired) electrons. The number of carbonyl (C=O) groups is 1. The Morgan fingerprint density at radius 1 is 1.22 bits per heavy atom. The Morgan fingerprint density at radius 3 is 2.62 bits per heavy atom. The number of benzene rings is 1. The van der Waals surface area contributed by atoms with E-state index in [9.17, 15) is 4.79 Å².